The fraction of sp³-hybridized carbons (Fsp3) is 0.476. The molecule has 28 heavy (non-hydrogen) atoms. The van der Waals surface area contributed by atoms with E-state index in [-0.39, 0.29) is 35.8 Å². The zero-order valence-electron chi connectivity index (χ0n) is 16.2. The summed E-state index contributed by atoms with van der Waals surface area (Å²) in [4.78, 5) is 25.0. The Kier molecular flexibility index (Phi) is 4.57. The third-order valence-electron chi connectivity index (χ3n) is 5.79. The van der Waals surface area contributed by atoms with Crippen molar-refractivity contribution in [2.45, 2.75) is 51.9 Å². The number of aromatic nitrogens is 2. The highest BCUT2D eigenvalue weighted by atomic mass is 35.5. The molecule has 0 aliphatic heterocycles. The molecule has 2 aromatic rings. The Balaban J connectivity index is 1.71. The van der Waals surface area contributed by atoms with Gasteiger partial charge in [-0.2, -0.15) is 5.10 Å². The Bertz CT molecular complexity index is 977. The summed E-state index contributed by atoms with van der Waals surface area (Å²) in [6, 6.07) is 4.45. The molecule has 1 fully saturated rings. The van der Waals surface area contributed by atoms with Crippen LogP contribution in [0.3, 0.4) is 0 Å². The quantitative estimate of drug-likeness (QED) is 0.824. The molecule has 0 unspecified atom stereocenters. The smallest absolute Gasteiger partial charge is 0.272 e. The van der Waals surface area contributed by atoms with Crippen molar-refractivity contribution in [1.29, 1.82) is 0 Å². The van der Waals surface area contributed by atoms with Gasteiger partial charge in [-0.05, 0) is 43.4 Å². The van der Waals surface area contributed by atoms with Crippen LogP contribution in [0.1, 0.15) is 73.6 Å². The molecular formula is C21H23ClFN3O2. The zero-order valence-corrected chi connectivity index (χ0v) is 16.9. The molecule has 0 spiro atoms. The minimum Gasteiger partial charge on any atom is -0.344 e. The van der Waals surface area contributed by atoms with Gasteiger partial charge >= 0.3 is 0 Å². The van der Waals surface area contributed by atoms with Crippen molar-refractivity contribution in [1.82, 2.24) is 15.1 Å². The van der Waals surface area contributed by atoms with Crippen molar-refractivity contribution in [2.75, 3.05) is 6.54 Å². The largest absolute Gasteiger partial charge is 0.344 e. The number of carbonyl (C=O) groups is 2. The minimum absolute atomic E-state index is 0.0482. The van der Waals surface area contributed by atoms with Crippen LogP contribution in [0.25, 0.3) is 5.69 Å². The van der Waals surface area contributed by atoms with Gasteiger partial charge in [-0.3, -0.25) is 9.59 Å². The lowest BCUT2D eigenvalue weighted by Crippen LogP contribution is -2.36. The third-order valence-corrected chi connectivity index (χ3v) is 6.02. The summed E-state index contributed by atoms with van der Waals surface area (Å²) in [7, 11) is 0. The van der Waals surface area contributed by atoms with Crippen molar-refractivity contribution in [3.63, 3.8) is 0 Å². The van der Waals surface area contributed by atoms with E-state index in [0.717, 1.165) is 30.5 Å². The third kappa shape index (κ3) is 3.13. The molecule has 0 radical (unpaired) electrons. The number of nitrogens with zero attached hydrogens (tertiary/aromatic N) is 2. The summed E-state index contributed by atoms with van der Waals surface area (Å²) < 4.78 is 16.1. The lowest BCUT2D eigenvalue weighted by Gasteiger charge is -2.17. The molecule has 1 amide bonds. The van der Waals surface area contributed by atoms with Crippen LogP contribution in [0.4, 0.5) is 4.39 Å². The van der Waals surface area contributed by atoms with Gasteiger partial charge in [-0.15, -0.1) is 0 Å². The van der Waals surface area contributed by atoms with Crippen molar-refractivity contribution in [2.24, 2.45) is 5.41 Å². The van der Waals surface area contributed by atoms with Gasteiger partial charge in [0, 0.05) is 21.9 Å². The number of hydrogen-bond acceptors (Lipinski definition) is 3. The second kappa shape index (κ2) is 6.69. The van der Waals surface area contributed by atoms with Crippen LogP contribution in [0.5, 0.6) is 0 Å². The van der Waals surface area contributed by atoms with E-state index in [0.29, 0.717) is 10.7 Å². The molecule has 2 aliphatic rings. The number of carbonyl (C=O) groups excluding carboxylic acids is 2. The normalized spacial score (nSPS) is 20.3. The van der Waals surface area contributed by atoms with E-state index in [1.807, 2.05) is 20.8 Å². The van der Waals surface area contributed by atoms with E-state index >= 15 is 0 Å². The Morgan fingerprint density at radius 3 is 2.68 bits per heavy atom. The first kappa shape index (κ1) is 19.1. The van der Waals surface area contributed by atoms with E-state index < -0.39 is 11.2 Å². The molecule has 1 saturated carbocycles. The molecule has 2 aliphatic carbocycles. The maximum atomic E-state index is 14.6. The number of fused-ring (bicyclic) bond motifs is 5. The van der Waals surface area contributed by atoms with Gasteiger partial charge < -0.3 is 5.32 Å². The Morgan fingerprint density at radius 2 is 2.00 bits per heavy atom. The highest BCUT2D eigenvalue weighted by Crippen LogP contribution is 2.54. The van der Waals surface area contributed by atoms with Crippen molar-refractivity contribution >= 4 is 23.3 Å². The maximum Gasteiger partial charge on any atom is 0.272 e. The van der Waals surface area contributed by atoms with Gasteiger partial charge in [0.25, 0.3) is 5.91 Å². The molecule has 1 aromatic heterocycles. The lowest BCUT2D eigenvalue weighted by atomic mass is 9.91. The lowest BCUT2D eigenvalue weighted by molar-refractivity contribution is -0.125. The van der Waals surface area contributed by atoms with Crippen LogP contribution in [0.2, 0.25) is 5.02 Å². The van der Waals surface area contributed by atoms with E-state index in [2.05, 4.69) is 10.4 Å². The fourth-order valence-electron chi connectivity index (χ4n) is 4.24. The summed E-state index contributed by atoms with van der Waals surface area (Å²) in [6.45, 7) is 5.40. The van der Waals surface area contributed by atoms with Gasteiger partial charge in [0.2, 0.25) is 0 Å². The second-order valence-corrected chi connectivity index (χ2v) is 9.15. The highest BCUT2D eigenvalue weighted by molar-refractivity contribution is 6.30. The predicted octanol–water partition coefficient (Wildman–Crippen LogP) is 4.37. The molecule has 1 aromatic carbocycles. The Morgan fingerprint density at radius 1 is 1.29 bits per heavy atom. The predicted molar refractivity (Wildman–Crippen MR) is 105 cm³/mol. The number of rotatable bonds is 4. The SMILES string of the molecule is CC(C)(C)C(=O)CNC(=O)c1nn(-c2ccc(Cl)cc2F)c2c1[C@@H]1CC[C@H]2C1. The molecule has 5 nitrogen and oxygen atoms in total. The average Bonchev–Trinajstić information content (AvgIpc) is 3.31. The standard InChI is InChI=1S/C21H23ClFN3O2/c1-21(2,3)16(27)10-24-20(28)18-17-11-4-5-12(8-11)19(17)26(25-18)15-7-6-13(22)9-14(15)23/h6-7,9,11-12H,4-5,8,10H2,1-3H3,(H,24,28)/t11-,12+/m1/s1. The molecule has 1 N–H and O–H groups in total. The van der Waals surface area contributed by atoms with E-state index in [1.54, 1.807) is 16.8 Å². The van der Waals surface area contributed by atoms with Crippen LogP contribution < -0.4 is 5.32 Å². The van der Waals surface area contributed by atoms with Crippen LogP contribution in [0, 0.1) is 11.2 Å². The van der Waals surface area contributed by atoms with E-state index in [1.165, 1.54) is 6.07 Å². The van der Waals surface area contributed by atoms with E-state index in [4.69, 9.17) is 11.6 Å². The summed E-state index contributed by atoms with van der Waals surface area (Å²) in [5.41, 5.74) is 1.90. The summed E-state index contributed by atoms with van der Waals surface area (Å²) in [5, 5.41) is 7.50. The summed E-state index contributed by atoms with van der Waals surface area (Å²) in [6.07, 6.45) is 2.99. The van der Waals surface area contributed by atoms with Crippen LogP contribution >= 0.6 is 11.6 Å². The molecule has 7 heteroatoms. The summed E-state index contributed by atoms with van der Waals surface area (Å²) >= 11 is 5.88. The summed E-state index contributed by atoms with van der Waals surface area (Å²) in [5.74, 6) is -0.365. The number of benzene rings is 1. The Labute approximate surface area is 168 Å². The molecule has 0 saturated heterocycles. The van der Waals surface area contributed by atoms with Gasteiger partial charge in [0.1, 0.15) is 11.5 Å². The first-order valence-corrected chi connectivity index (χ1v) is 9.94. The number of halogens is 2. The van der Waals surface area contributed by atoms with Gasteiger partial charge in [0.05, 0.1) is 12.2 Å². The van der Waals surface area contributed by atoms with Crippen molar-refractivity contribution < 1.29 is 14.0 Å². The van der Waals surface area contributed by atoms with Crippen LogP contribution in [-0.2, 0) is 4.79 Å². The number of ketones is 1. The number of nitrogens with one attached hydrogen (secondary N) is 1. The molecule has 2 atom stereocenters. The molecule has 148 valence electrons. The Hall–Kier alpha value is -2.21. The maximum absolute atomic E-state index is 14.6. The highest BCUT2D eigenvalue weighted by Gasteiger charge is 2.44. The van der Waals surface area contributed by atoms with Crippen molar-refractivity contribution in [3.05, 3.63) is 46.0 Å². The topological polar surface area (TPSA) is 64.0 Å². The second-order valence-electron chi connectivity index (χ2n) is 8.72. The number of hydrogen-bond donors (Lipinski definition) is 1. The van der Waals surface area contributed by atoms with Crippen molar-refractivity contribution in [3.8, 4) is 5.69 Å². The average molecular weight is 404 g/mol. The van der Waals surface area contributed by atoms with E-state index in [9.17, 15) is 14.0 Å². The first-order chi connectivity index (χ1) is 13.2. The molecule has 1 heterocycles. The minimum atomic E-state index is -0.528. The fourth-order valence-corrected chi connectivity index (χ4v) is 4.40. The van der Waals surface area contributed by atoms with Gasteiger partial charge in [-0.25, -0.2) is 9.07 Å². The van der Waals surface area contributed by atoms with Gasteiger partial charge in [0.15, 0.2) is 11.5 Å². The number of Topliss-reactive ketones (excluding diaryl/α,β-unsaturated/α-hetero) is 1. The monoisotopic (exact) mass is 403 g/mol. The van der Waals surface area contributed by atoms with Crippen LogP contribution in [-0.4, -0.2) is 28.0 Å². The molecule has 4 rings (SSSR count). The first-order valence-electron chi connectivity index (χ1n) is 9.56. The zero-order chi connectivity index (χ0) is 20.2. The number of amides is 1. The molecule has 2 bridgehead atoms. The van der Waals surface area contributed by atoms with Gasteiger partial charge in [-0.1, -0.05) is 32.4 Å². The molecular weight excluding hydrogens is 381 g/mol. The van der Waals surface area contributed by atoms with Crippen LogP contribution in [0.15, 0.2) is 18.2 Å².